The second-order valence-corrected chi connectivity index (χ2v) is 4.46. The summed E-state index contributed by atoms with van der Waals surface area (Å²) in [5.41, 5.74) is 2.74. The maximum Gasteiger partial charge on any atom is 0.121 e. The van der Waals surface area contributed by atoms with Crippen molar-refractivity contribution >= 4 is 0 Å². The standard InChI is InChI=1S/C15H25NO/c1-5-10-16-13-8-9-14(12(6-2)11-13)15(7-3)17-4/h6-7,13,16H,3,5,8-11H2,1-2,4H3. The predicted molar refractivity (Wildman–Crippen MR) is 73.9 cm³/mol. The van der Waals surface area contributed by atoms with Crippen molar-refractivity contribution in [2.45, 2.75) is 45.6 Å². The van der Waals surface area contributed by atoms with Gasteiger partial charge in [-0.2, -0.15) is 0 Å². The zero-order valence-electron chi connectivity index (χ0n) is 11.4. The Morgan fingerprint density at radius 2 is 2.35 bits per heavy atom. The molecule has 1 aliphatic carbocycles. The Morgan fingerprint density at radius 3 is 2.88 bits per heavy atom. The van der Waals surface area contributed by atoms with Crippen LogP contribution in [0.25, 0.3) is 0 Å². The average Bonchev–Trinajstić information content (AvgIpc) is 2.38. The fourth-order valence-electron chi connectivity index (χ4n) is 2.40. The van der Waals surface area contributed by atoms with E-state index in [0.717, 1.165) is 25.1 Å². The zero-order valence-corrected chi connectivity index (χ0v) is 11.4. The van der Waals surface area contributed by atoms with Gasteiger partial charge in [0.15, 0.2) is 0 Å². The van der Waals surface area contributed by atoms with E-state index in [0.29, 0.717) is 6.04 Å². The summed E-state index contributed by atoms with van der Waals surface area (Å²) in [7, 11) is 1.72. The topological polar surface area (TPSA) is 21.3 Å². The summed E-state index contributed by atoms with van der Waals surface area (Å²) < 4.78 is 5.39. The van der Waals surface area contributed by atoms with Crippen LogP contribution in [0.5, 0.6) is 0 Å². The summed E-state index contributed by atoms with van der Waals surface area (Å²) >= 11 is 0. The van der Waals surface area contributed by atoms with Crippen LogP contribution in [0.15, 0.2) is 35.6 Å². The SMILES string of the molecule is C=CC(OC)=C1CCC(NCCC)CC1=CC. The summed E-state index contributed by atoms with van der Waals surface area (Å²) in [5.74, 6) is 0.937. The molecule has 0 aliphatic heterocycles. The lowest BCUT2D eigenvalue weighted by Crippen LogP contribution is -2.33. The maximum absolute atomic E-state index is 5.39. The summed E-state index contributed by atoms with van der Waals surface area (Å²) in [4.78, 5) is 0. The highest BCUT2D eigenvalue weighted by molar-refractivity contribution is 5.39. The Morgan fingerprint density at radius 1 is 1.59 bits per heavy atom. The van der Waals surface area contributed by atoms with Crippen LogP contribution in [-0.2, 0) is 4.74 Å². The molecule has 0 aromatic heterocycles. The van der Waals surface area contributed by atoms with E-state index in [-0.39, 0.29) is 0 Å². The maximum atomic E-state index is 5.39. The molecule has 1 atom stereocenters. The molecule has 1 unspecified atom stereocenters. The van der Waals surface area contributed by atoms with Crippen molar-refractivity contribution in [3.63, 3.8) is 0 Å². The highest BCUT2D eigenvalue weighted by atomic mass is 16.5. The van der Waals surface area contributed by atoms with Crippen LogP contribution in [0, 0.1) is 0 Å². The lowest BCUT2D eigenvalue weighted by Gasteiger charge is -2.28. The number of methoxy groups -OCH3 is 1. The van der Waals surface area contributed by atoms with Crippen molar-refractivity contribution in [3.05, 3.63) is 35.6 Å². The van der Waals surface area contributed by atoms with Crippen LogP contribution < -0.4 is 5.32 Å². The molecule has 96 valence electrons. The van der Waals surface area contributed by atoms with Gasteiger partial charge in [-0.15, -0.1) is 0 Å². The molecule has 0 radical (unpaired) electrons. The number of hydrogen-bond acceptors (Lipinski definition) is 2. The third-order valence-electron chi connectivity index (χ3n) is 3.33. The first-order valence-corrected chi connectivity index (χ1v) is 6.55. The van der Waals surface area contributed by atoms with Crippen LogP contribution >= 0.6 is 0 Å². The van der Waals surface area contributed by atoms with Gasteiger partial charge in [0.25, 0.3) is 0 Å². The monoisotopic (exact) mass is 235 g/mol. The van der Waals surface area contributed by atoms with Crippen molar-refractivity contribution in [2.75, 3.05) is 13.7 Å². The van der Waals surface area contributed by atoms with Crippen molar-refractivity contribution in [1.82, 2.24) is 5.32 Å². The van der Waals surface area contributed by atoms with E-state index in [1.54, 1.807) is 7.11 Å². The molecule has 1 fully saturated rings. The van der Waals surface area contributed by atoms with E-state index in [1.807, 2.05) is 6.08 Å². The molecule has 1 rings (SSSR count). The zero-order chi connectivity index (χ0) is 12.7. The quantitative estimate of drug-likeness (QED) is 0.736. The molecule has 0 heterocycles. The fraction of sp³-hybridized carbons (Fsp3) is 0.600. The molecule has 0 aromatic rings. The molecule has 0 bridgehead atoms. The van der Waals surface area contributed by atoms with Crippen LogP contribution in [0.1, 0.15) is 39.5 Å². The smallest absolute Gasteiger partial charge is 0.121 e. The largest absolute Gasteiger partial charge is 0.496 e. The van der Waals surface area contributed by atoms with Gasteiger partial charge in [0.05, 0.1) is 7.11 Å². The Hall–Kier alpha value is -1.02. The Balaban J connectivity index is 2.75. The van der Waals surface area contributed by atoms with Crippen LogP contribution in [-0.4, -0.2) is 19.7 Å². The summed E-state index contributed by atoms with van der Waals surface area (Å²) in [5, 5.41) is 3.60. The molecular formula is C15H25NO. The van der Waals surface area contributed by atoms with Gasteiger partial charge in [0.1, 0.15) is 5.76 Å². The van der Waals surface area contributed by atoms with Gasteiger partial charge in [-0.25, -0.2) is 0 Å². The lowest BCUT2D eigenvalue weighted by molar-refractivity contribution is 0.298. The van der Waals surface area contributed by atoms with E-state index in [1.165, 1.54) is 24.0 Å². The average molecular weight is 235 g/mol. The van der Waals surface area contributed by atoms with Gasteiger partial charge in [-0.3, -0.25) is 0 Å². The van der Waals surface area contributed by atoms with Crippen LogP contribution in [0.2, 0.25) is 0 Å². The van der Waals surface area contributed by atoms with Gasteiger partial charge < -0.3 is 10.1 Å². The Labute approximate surface area is 105 Å². The molecule has 1 saturated carbocycles. The molecule has 0 spiro atoms. The highest BCUT2D eigenvalue weighted by Gasteiger charge is 2.22. The predicted octanol–water partition coefficient (Wildman–Crippen LogP) is 3.57. The van der Waals surface area contributed by atoms with Gasteiger partial charge >= 0.3 is 0 Å². The molecule has 2 heteroatoms. The highest BCUT2D eigenvalue weighted by Crippen LogP contribution is 2.31. The van der Waals surface area contributed by atoms with Gasteiger partial charge in [-0.05, 0) is 56.4 Å². The fourth-order valence-corrected chi connectivity index (χ4v) is 2.40. The molecule has 0 amide bonds. The molecular weight excluding hydrogens is 210 g/mol. The number of allylic oxidation sites excluding steroid dienone is 3. The molecule has 0 aromatic carbocycles. The van der Waals surface area contributed by atoms with Crippen molar-refractivity contribution in [2.24, 2.45) is 0 Å². The van der Waals surface area contributed by atoms with Gasteiger partial charge in [0, 0.05) is 6.04 Å². The summed E-state index contributed by atoms with van der Waals surface area (Å²) in [6.07, 6.45) is 8.59. The van der Waals surface area contributed by atoms with Crippen molar-refractivity contribution < 1.29 is 4.74 Å². The Kier molecular flexibility index (Phi) is 6.06. The van der Waals surface area contributed by atoms with Crippen molar-refractivity contribution in [3.8, 4) is 0 Å². The number of ether oxygens (including phenoxy) is 1. The molecule has 1 N–H and O–H groups in total. The van der Waals surface area contributed by atoms with Gasteiger partial charge in [0.2, 0.25) is 0 Å². The molecule has 0 saturated heterocycles. The minimum atomic E-state index is 0.618. The first-order valence-electron chi connectivity index (χ1n) is 6.55. The second kappa shape index (κ2) is 7.33. The Bertz CT molecular complexity index is 315. The van der Waals surface area contributed by atoms with E-state index in [9.17, 15) is 0 Å². The third-order valence-corrected chi connectivity index (χ3v) is 3.33. The normalized spacial score (nSPS) is 25.8. The number of hydrogen-bond donors (Lipinski definition) is 1. The molecule has 2 nitrogen and oxygen atoms in total. The third kappa shape index (κ3) is 3.74. The minimum absolute atomic E-state index is 0.618. The van der Waals surface area contributed by atoms with E-state index in [2.05, 4.69) is 31.8 Å². The van der Waals surface area contributed by atoms with Crippen molar-refractivity contribution in [1.29, 1.82) is 0 Å². The first-order chi connectivity index (χ1) is 8.26. The van der Waals surface area contributed by atoms with E-state index in [4.69, 9.17) is 4.74 Å². The summed E-state index contributed by atoms with van der Waals surface area (Å²) in [6.45, 7) is 9.24. The van der Waals surface area contributed by atoms with Crippen LogP contribution in [0.4, 0.5) is 0 Å². The number of nitrogens with one attached hydrogen (secondary N) is 1. The van der Waals surface area contributed by atoms with Crippen LogP contribution in [0.3, 0.4) is 0 Å². The second-order valence-electron chi connectivity index (χ2n) is 4.46. The lowest BCUT2D eigenvalue weighted by atomic mass is 9.85. The molecule has 17 heavy (non-hydrogen) atoms. The van der Waals surface area contributed by atoms with E-state index >= 15 is 0 Å². The summed E-state index contributed by atoms with van der Waals surface area (Å²) in [6, 6.07) is 0.618. The van der Waals surface area contributed by atoms with E-state index < -0.39 is 0 Å². The number of rotatable bonds is 5. The minimum Gasteiger partial charge on any atom is -0.496 e. The first kappa shape index (κ1) is 14.0. The molecule has 1 aliphatic rings. The van der Waals surface area contributed by atoms with Gasteiger partial charge in [-0.1, -0.05) is 19.6 Å².